The Morgan fingerprint density at radius 1 is 1.00 bits per heavy atom. The molecule has 1 aromatic carbocycles. The molecule has 23 heavy (non-hydrogen) atoms. The van der Waals surface area contributed by atoms with Crippen LogP contribution in [0.1, 0.15) is 36.2 Å². The first-order valence-electron chi connectivity index (χ1n) is 8.18. The van der Waals surface area contributed by atoms with Gasteiger partial charge in [-0.25, -0.2) is 0 Å². The second kappa shape index (κ2) is 6.87. The van der Waals surface area contributed by atoms with Crippen LogP contribution in [0.3, 0.4) is 0 Å². The molecule has 0 saturated carbocycles. The van der Waals surface area contributed by atoms with Crippen molar-refractivity contribution in [1.82, 2.24) is 19.8 Å². The van der Waals surface area contributed by atoms with E-state index in [1.165, 1.54) is 11.1 Å². The average molecular weight is 309 g/mol. The van der Waals surface area contributed by atoms with E-state index < -0.39 is 0 Å². The SMILES string of the molecule is Cc1ccc(-c2ccc3nnc(CCCCCN)n3n2)c(C)c1. The highest BCUT2D eigenvalue weighted by molar-refractivity contribution is 5.64. The molecule has 120 valence electrons. The van der Waals surface area contributed by atoms with E-state index in [9.17, 15) is 0 Å². The summed E-state index contributed by atoms with van der Waals surface area (Å²) in [6, 6.07) is 10.4. The Labute approximate surface area is 136 Å². The van der Waals surface area contributed by atoms with Crippen molar-refractivity contribution in [3.63, 3.8) is 0 Å². The fourth-order valence-corrected chi connectivity index (χ4v) is 2.84. The van der Waals surface area contributed by atoms with E-state index in [-0.39, 0.29) is 0 Å². The van der Waals surface area contributed by atoms with Gasteiger partial charge in [-0.1, -0.05) is 30.2 Å². The van der Waals surface area contributed by atoms with Crippen molar-refractivity contribution in [2.24, 2.45) is 5.73 Å². The van der Waals surface area contributed by atoms with Crippen molar-refractivity contribution >= 4 is 5.65 Å². The van der Waals surface area contributed by atoms with Crippen LogP contribution in [0, 0.1) is 13.8 Å². The number of hydrogen-bond acceptors (Lipinski definition) is 4. The van der Waals surface area contributed by atoms with Gasteiger partial charge in [0.2, 0.25) is 0 Å². The van der Waals surface area contributed by atoms with Gasteiger partial charge in [0.05, 0.1) is 5.69 Å². The van der Waals surface area contributed by atoms with E-state index >= 15 is 0 Å². The summed E-state index contributed by atoms with van der Waals surface area (Å²) in [4.78, 5) is 0. The molecule has 0 aliphatic carbocycles. The first kappa shape index (κ1) is 15.6. The number of aromatic nitrogens is 4. The Morgan fingerprint density at radius 3 is 2.65 bits per heavy atom. The van der Waals surface area contributed by atoms with Gasteiger partial charge in [-0.15, -0.1) is 10.2 Å². The monoisotopic (exact) mass is 309 g/mol. The molecule has 0 saturated heterocycles. The predicted molar refractivity (Wildman–Crippen MR) is 92.3 cm³/mol. The molecule has 5 heteroatoms. The summed E-state index contributed by atoms with van der Waals surface area (Å²) >= 11 is 0. The lowest BCUT2D eigenvalue weighted by molar-refractivity contribution is 0.656. The molecule has 0 unspecified atom stereocenters. The summed E-state index contributed by atoms with van der Waals surface area (Å²) in [5.74, 6) is 0.920. The van der Waals surface area contributed by atoms with Crippen molar-refractivity contribution in [1.29, 1.82) is 0 Å². The Hall–Kier alpha value is -2.27. The summed E-state index contributed by atoms with van der Waals surface area (Å²) in [6.45, 7) is 4.97. The smallest absolute Gasteiger partial charge is 0.177 e. The van der Waals surface area contributed by atoms with Crippen LogP contribution in [0.25, 0.3) is 16.9 Å². The highest BCUT2D eigenvalue weighted by Gasteiger charge is 2.10. The first-order chi connectivity index (χ1) is 11.2. The lowest BCUT2D eigenvalue weighted by Crippen LogP contribution is -2.02. The molecule has 0 aliphatic heterocycles. The molecule has 0 atom stereocenters. The summed E-state index contributed by atoms with van der Waals surface area (Å²) in [6.07, 6.45) is 4.11. The van der Waals surface area contributed by atoms with Crippen molar-refractivity contribution < 1.29 is 0 Å². The van der Waals surface area contributed by atoms with Crippen LogP contribution in [0.5, 0.6) is 0 Å². The zero-order valence-electron chi connectivity index (χ0n) is 13.8. The molecule has 0 radical (unpaired) electrons. The van der Waals surface area contributed by atoms with Crippen LogP contribution in [-0.4, -0.2) is 26.4 Å². The number of unbranched alkanes of at least 4 members (excludes halogenated alkanes) is 2. The average Bonchev–Trinajstić information content (AvgIpc) is 2.94. The van der Waals surface area contributed by atoms with Crippen molar-refractivity contribution in [2.75, 3.05) is 6.54 Å². The minimum Gasteiger partial charge on any atom is -0.330 e. The highest BCUT2D eigenvalue weighted by atomic mass is 15.4. The molecule has 0 aliphatic rings. The molecule has 0 spiro atoms. The zero-order valence-corrected chi connectivity index (χ0v) is 13.8. The Morgan fingerprint density at radius 2 is 1.87 bits per heavy atom. The number of benzene rings is 1. The summed E-state index contributed by atoms with van der Waals surface area (Å²) in [7, 11) is 0. The van der Waals surface area contributed by atoms with E-state index in [4.69, 9.17) is 10.8 Å². The van der Waals surface area contributed by atoms with Gasteiger partial charge in [0.25, 0.3) is 0 Å². The Bertz CT molecular complexity index is 806. The van der Waals surface area contributed by atoms with Gasteiger partial charge in [-0.05, 0) is 50.9 Å². The summed E-state index contributed by atoms with van der Waals surface area (Å²) in [5.41, 5.74) is 10.9. The van der Waals surface area contributed by atoms with E-state index in [0.29, 0.717) is 0 Å². The van der Waals surface area contributed by atoms with Crippen LogP contribution in [0.2, 0.25) is 0 Å². The predicted octanol–water partition coefficient (Wildman–Crippen LogP) is 3.08. The van der Waals surface area contributed by atoms with Crippen LogP contribution in [0.15, 0.2) is 30.3 Å². The highest BCUT2D eigenvalue weighted by Crippen LogP contribution is 2.22. The second-order valence-electron chi connectivity index (χ2n) is 6.02. The number of fused-ring (bicyclic) bond motifs is 1. The fourth-order valence-electron chi connectivity index (χ4n) is 2.84. The van der Waals surface area contributed by atoms with Gasteiger partial charge in [-0.3, -0.25) is 0 Å². The zero-order chi connectivity index (χ0) is 16.2. The van der Waals surface area contributed by atoms with Gasteiger partial charge in [0.15, 0.2) is 11.5 Å². The normalized spacial score (nSPS) is 11.3. The van der Waals surface area contributed by atoms with E-state index in [1.807, 2.05) is 16.6 Å². The second-order valence-corrected chi connectivity index (χ2v) is 6.02. The maximum atomic E-state index is 5.54. The number of hydrogen-bond donors (Lipinski definition) is 1. The number of nitrogens with two attached hydrogens (primary N) is 1. The van der Waals surface area contributed by atoms with Crippen LogP contribution >= 0.6 is 0 Å². The number of rotatable bonds is 6. The van der Waals surface area contributed by atoms with Crippen LogP contribution in [0.4, 0.5) is 0 Å². The molecule has 2 N–H and O–H groups in total. The molecule has 0 amide bonds. The third kappa shape index (κ3) is 3.40. The van der Waals surface area contributed by atoms with Crippen LogP contribution < -0.4 is 5.73 Å². The first-order valence-corrected chi connectivity index (χ1v) is 8.18. The van der Waals surface area contributed by atoms with Crippen molar-refractivity contribution in [3.05, 3.63) is 47.3 Å². The minimum atomic E-state index is 0.746. The molecule has 0 bridgehead atoms. The number of aryl methyl sites for hydroxylation is 3. The summed E-state index contributed by atoms with van der Waals surface area (Å²) < 4.78 is 1.87. The van der Waals surface area contributed by atoms with Gasteiger partial charge >= 0.3 is 0 Å². The maximum Gasteiger partial charge on any atom is 0.177 e. The van der Waals surface area contributed by atoms with Crippen molar-refractivity contribution in [2.45, 2.75) is 39.5 Å². The van der Waals surface area contributed by atoms with E-state index in [2.05, 4.69) is 42.2 Å². The molecular formula is C18H23N5. The molecule has 3 rings (SSSR count). The fraction of sp³-hybridized carbons (Fsp3) is 0.389. The third-order valence-electron chi connectivity index (χ3n) is 4.09. The number of nitrogens with zero attached hydrogens (tertiary/aromatic N) is 4. The standard InChI is InChI=1S/C18H23N5/c1-13-7-8-15(14(2)12-13)16-9-10-18-21-20-17(23(18)22-16)6-4-3-5-11-19/h7-10,12H,3-6,11,19H2,1-2H3. The van der Waals surface area contributed by atoms with Crippen molar-refractivity contribution in [3.8, 4) is 11.3 Å². The van der Waals surface area contributed by atoms with Gasteiger partial charge in [0, 0.05) is 12.0 Å². The van der Waals surface area contributed by atoms with Crippen LogP contribution in [-0.2, 0) is 6.42 Å². The molecule has 0 fully saturated rings. The quantitative estimate of drug-likeness (QED) is 0.710. The molecular weight excluding hydrogens is 286 g/mol. The molecule has 2 heterocycles. The lowest BCUT2D eigenvalue weighted by atomic mass is 10.0. The Kier molecular flexibility index (Phi) is 4.67. The molecule has 3 aromatic rings. The van der Waals surface area contributed by atoms with E-state index in [0.717, 1.165) is 55.0 Å². The largest absolute Gasteiger partial charge is 0.330 e. The van der Waals surface area contributed by atoms with E-state index in [1.54, 1.807) is 0 Å². The summed E-state index contributed by atoms with van der Waals surface area (Å²) in [5, 5.41) is 13.3. The molecule has 2 aromatic heterocycles. The van der Waals surface area contributed by atoms with Gasteiger partial charge in [0.1, 0.15) is 0 Å². The van der Waals surface area contributed by atoms with Gasteiger partial charge in [-0.2, -0.15) is 9.61 Å². The molecule has 5 nitrogen and oxygen atoms in total. The van der Waals surface area contributed by atoms with Gasteiger partial charge < -0.3 is 5.73 Å². The lowest BCUT2D eigenvalue weighted by Gasteiger charge is -2.07. The maximum absolute atomic E-state index is 5.54. The third-order valence-corrected chi connectivity index (χ3v) is 4.09. The topological polar surface area (TPSA) is 69.1 Å². The Balaban J connectivity index is 1.91. The minimum absolute atomic E-state index is 0.746.